The minimum atomic E-state index is -0.854. The summed E-state index contributed by atoms with van der Waals surface area (Å²) in [5, 5.41) is 19.1. The molecule has 0 saturated carbocycles. The van der Waals surface area contributed by atoms with Crippen LogP contribution in [-0.4, -0.2) is 50.3 Å². The van der Waals surface area contributed by atoms with Crippen LogP contribution in [0.4, 0.5) is 10.5 Å². The Kier molecular flexibility index (Phi) is 4.92. The van der Waals surface area contributed by atoms with Crippen molar-refractivity contribution in [3.8, 4) is 11.4 Å². The van der Waals surface area contributed by atoms with E-state index in [4.69, 9.17) is 0 Å². The number of urea groups is 1. The molecule has 0 spiro atoms. The molecule has 26 heavy (non-hydrogen) atoms. The number of aryl methyl sites for hydroxylation is 2. The lowest BCUT2D eigenvalue weighted by atomic mass is 9.91. The molecule has 3 N–H and O–H groups in total. The molecule has 2 amide bonds. The van der Waals surface area contributed by atoms with E-state index in [2.05, 4.69) is 20.5 Å². The van der Waals surface area contributed by atoms with Crippen molar-refractivity contribution in [1.82, 2.24) is 20.1 Å². The van der Waals surface area contributed by atoms with E-state index in [1.165, 1.54) is 0 Å². The molecule has 1 fully saturated rings. The van der Waals surface area contributed by atoms with Gasteiger partial charge in [-0.1, -0.05) is 19.1 Å². The summed E-state index contributed by atoms with van der Waals surface area (Å²) in [6.07, 6.45) is 0.595. The summed E-state index contributed by atoms with van der Waals surface area (Å²) in [6, 6.07) is 5.35. The molecule has 2 heterocycles. The van der Waals surface area contributed by atoms with Crippen LogP contribution in [0.15, 0.2) is 18.2 Å². The van der Waals surface area contributed by atoms with Gasteiger partial charge in [0.2, 0.25) is 0 Å². The summed E-state index contributed by atoms with van der Waals surface area (Å²) in [5.74, 6) is 0.0589. The van der Waals surface area contributed by atoms with Crippen LogP contribution in [0.25, 0.3) is 11.4 Å². The highest BCUT2D eigenvalue weighted by atomic mass is 16.4. The van der Waals surface area contributed by atoms with E-state index >= 15 is 0 Å². The molecule has 0 radical (unpaired) electrons. The lowest BCUT2D eigenvalue weighted by molar-refractivity contribution is -0.143. The van der Waals surface area contributed by atoms with Crippen LogP contribution in [0.5, 0.6) is 0 Å². The molecular weight excluding hydrogens is 334 g/mol. The molecule has 8 nitrogen and oxygen atoms in total. The van der Waals surface area contributed by atoms with Gasteiger partial charge >= 0.3 is 12.0 Å². The number of aliphatic carboxylic acids is 1. The van der Waals surface area contributed by atoms with E-state index in [9.17, 15) is 14.7 Å². The SMILES string of the molecule is Cc1nc(-c2ccc(C)c(NC(=O)N3CC(C)CC(C(=O)O)C3)c2)n[nH]1. The standard InChI is InChI=1S/C18H23N5O3/c1-10-6-14(17(24)25)9-23(8-10)18(26)20-15-7-13(5-4-11(15)2)16-19-12(3)21-22-16/h4-5,7,10,14H,6,8-9H2,1-3H3,(H,20,26)(H,24,25)(H,19,21,22). The number of anilines is 1. The largest absolute Gasteiger partial charge is 0.481 e. The number of carbonyl (C=O) groups excluding carboxylic acids is 1. The zero-order valence-electron chi connectivity index (χ0n) is 15.1. The summed E-state index contributed by atoms with van der Waals surface area (Å²) in [6.45, 7) is 6.47. The smallest absolute Gasteiger partial charge is 0.321 e. The predicted octanol–water partition coefficient (Wildman–Crippen LogP) is 2.66. The molecule has 1 saturated heterocycles. The zero-order valence-corrected chi connectivity index (χ0v) is 15.1. The van der Waals surface area contributed by atoms with Crippen molar-refractivity contribution in [3.63, 3.8) is 0 Å². The minimum absolute atomic E-state index is 0.152. The average Bonchev–Trinajstić information content (AvgIpc) is 3.02. The predicted molar refractivity (Wildman–Crippen MR) is 96.8 cm³/mol. The van der Waals surface area contributed by atoms with Crippen LogP contribution in [0.3, 0.4) is 0 Å². The number of piperidine rings is 1. The molecule has 8 heteroatoms. The third-order valence-electron chi connectivity index (χ3n) is 4.63. The topological polar surface area (TPSA) is 111 Å². The second-order valence-electron chi connectivity index (χ2n) is 6.99. The molecule has 1 aromatic heterocycles. The molecule has 1 aliphatic rings. The number of carboxylic acids is 1. The summed E-state index contributed by atoms with van der Waals surface area (Å²) < 4.78 is 0. The first-order valence-corrected chi connectivity index (χ1v) is 8.62. The van der Waals surface area contributed by atoms with Gasteiger partial charge in [0.05, 0.1) is 5.92 Å². The number of amides is 2. The van der Waals surface area contributed by atoms with Crippen LogP contribution >= 0.6 is 0 Å². The first-order valence-electron chi connectivity index (χ1n) is 8.62. The molecule has 3 rings (SSSR count). The van der Waals surface area contributed by atoms with E-state index in [1.54, 1.807) is 4.90 Å². The summed E-state index contributed by atoms with van der Waals surface area (Å²) in [4.78, 5) is 29.9. The Balaban J connectivity index is 1.77. The van der Waals surface area contributed by atoms with Gasteiger partial charge in [0.15, 0.2) is 5.82 Å². The Hall–Kier alpha value is -2.90. The highest BCUT2D eigenvalue weighted by Gasteiger charge is 2.32. The summed E-state index contributed by atoms with van der Waals surface area (Å²) in [7, 11) is 0. The molecule has 0 bridgehead atoms. The first-order chi connectivity index (χ1) is 12.3. The van der Waals surface area contributed by atoms with Gasteiger partial charge in [0, 0.05) is 24.3 Å². The third-order valence-corrected chi connectivity index (χ3v) is 4.63. The molecule has 138 valence electrons. The van der Waals surface area contributed by atoms with Gasteiger partial charge in [-0.15, -0.1) is 0 Å². The van der Waals surface area contributed by atoms with Gasteiger partial charge in [-0.25, -0.2) is 9.78 Å². The number of nitrogens with one attached hydrogen (secondary N) is 2. The van der Waals surface area contributed by atoms with Gasteiger partial charge in [-0.3, -0.25) is 9.89 Å². The molecular formula is C18H23N5O3. The van der Waals surface area contributed by atoms with Crippen molar-refractivity contribution < 1.29 is 14.7 Å². The number of benzene rings is 1. The number of hydrogen-bond donors (Lipinski definition) is 3. The van der Waals surface area contributed by atoms with Crippen molar-refractivity contribution in [1.29, 1.82) is 0 Å². The maximum absolute atomic E-state index is 12.7. The fraction of sp³-hybridized carbons (Fsp3) is 0.444. The molecule has 2 unspecified atom stereocenters. The zero-order chi connectivity index (χ0) is 18.8. The second kappa shape index (κ2) is 7.15. The maximum atomic E-state index is 12.7. The average molecular weight is 357 g/mol. The summed E-state index contributed by atoms with van der Waals surface area (Å²) in [5.41, 5.74) is 2.37. The lowest BCUT2D eigenvalue weighted by Crippen LogP contribution is -2.47. The number of H-pyrrole nitrogens is 1. The van der Waals surface area contributed by atoms with Gasteiger partial charge in [-0.05, 0) is 37.8 Å². The Morgan fingerprint density at radius 2 is 2.08 bits per heavy atom. The number of aromatic amines is 1. The molecule has 1 aromatic carbocycles. The molecule has 1 aliphatic heterocycles. The van der Waals surface area contributed by atoms with E-state index in [0.29, 0.717) is 30.3 Å². The van der Waals surface area contributed by atoms with Crippen LogP contribution < -0.4 is 5.32 Å². The number of hydrogen-bond acceptors (Lipinski definition) is 4. The van der Waals surface area contributed by atoms with Gasteiger partial charge in [0.25, 0.3) is 0 Å². The molecule has 2 atom stereocenters. The van der Waals surface area contributed by atoms with Crippen molar-refractivity contribution >= 4 is 17.7 Å². The van der Waals surface area contributed by atoms with Crippen LogP contribution in [0, 0.1) is 25.7 Å². The fourth-order valence-electron chi connectivity index (χ4n) is 3.26. The van der Waals surface area contributed by atoms with Crippen molar-refractivity contribution in [2.75, 3.05) is 18.4 Å². The third kappa shape index (κ3) is 3.84. The normalized spacial score (nSPS) is 20.0. The van der Waals surface area contributed by atoms with Gasteiger partial charge < -0.3 is 15.3 Å². The van der Waals surface area contributed by atoms with Crippen LogP contribution in [0.2, 0.25) is 0 Å². The quantitative estimate of drug-likeness (QED) is 0.782. The summed E-state index contributed by atoms with van der Waals surface area (Å²) >= 11 is 0. The minimum Gasteiger partial charge on any atom is -0.481 e. The molecule has 0 aliphatic carbocycles. The number of carboxylic acid groups (broad SMARTS) is 1. The Labute approximate surface area is 151 Å². The van der Waals surface area contributed by atoms with Crippen LogP contribution in [0.1, 0.15) is 24.7 Å². The van der Waals surface area contributed by atoms with E-state index in [-0.39, 0.29) is 18.5 Å². The van der Waals surface area contributed by atoms with Gasteiger partial charge in [-0.2, -0.15) is 5.10 Å². The van der Waals surface area contributed by atoms with Crippen molar-refractivity contribution in [2.24, 2.45) is 11.8 Å². The number of nitrogens with zero attached hydrogens (tertiary/aromatic N) is 3. The maximum Gasteiger partial charge on any atom is 0.321 e. The fourth-order valence-corrected chi connectivity index (χ4v) is 3.26. The second-order valence-corrected chi connectivity index (χ2v) is 6.99. The number of carbonyl (C=O) groups is 2. The van der Waals surface area contributed by atoms with E-state index < -0.39 is 11.9 Å². The Bertz CT molecular complexity index is 832. The Morgan fingerprint density at radius 1 is 1.31 bits per heavy atom. The highest BCUT2D eigenvalue weighted by Crippen LogP contribution is 2.25. The Morgan fingerprint density at radius 3 is 2.73 bits per heavy atom. The monoisotopic (exact) mass is 357 g/mol. The van der Waals surface area contributed by atoms with E-state index in [0.717, 1.165) is 11.1 Å². The lowest BCUT2D eigenvalue weighted by Gasteiger charge is -2.34. The van der Waals surface area contributed by atoms with Crippen LogP contribution in [-0.2, 0) is 4.79 Å². The molecule has 2 aromatic rings. The van der Waals surface area contributed by atoms with E-state index in [1.807, 2.05) is 39.0 Å². The first kappa shape index (κ1) is 17.9. The number of likely N-dealkylation sites (tertiary alicyclic amines) is 1. The number of rotatable bonds is 3. The highest BCUT2D eigenvalue weighted by molar-refractivity contribution is 5.91. The number of aromatic nitrogens is 3. The van der Waals surface area contributed by atoms with Crippen molar-refractivity contribution in [3.05, 3.63) is 29.6 Å². The van der Waals surface area contributed by atoms with Crippen molar-refractivity contribution in [2.45, 2.75) is 27.2 Å². The van der Waals surface area contributed by atoms with Gasteiger partial charge in [0.1, 0.15) is 5.82 Å².